The second-order valence-electron chi connectivity index (χ2n) is 6.63. The normalized spacial score (nSPS) is 16.1. The molecule has 1 aromatic carbocycles. The van der Waals surface area contributed by atoms with Crippen molar-refractivity contribution >= 4 is 16.5 Å². The third kappa shape index (κ3) is 6.99. The summed E-state index contributed by atoms with van der Waals surface area (Å²) in [6.45, 7) is 5.45. The van der Waals surface area contributed by atoms with E-state index in [0.717, 1.165) is 24.1 Å². The fraction of sp³-hybridized carbons (Fsp3) is 0.476. The van der Waals surface area contributed by atoms with Gasteiger partial charge in [0.25, 0.3) is 0 Å². The summed E-state index contributed by atoms with van der Waals surface area (Å²) in [5, 5.41) is 18.4. The molecule has 139 valence electrons. The van der Waals surface area contributed by atoms with Crippen LogP contribution in [0.4, 0.5) is 0 Å². The van der Waals surface area contributed by atoms with Gasteiger partial charge in [-0.2, -0.15) is 5.57 Å². The Kier molecular flexibility index (Phi) is 9.52. The van der Waals surface area contributed by atoms with Crippen LogP contribution in [0.1, 0.15) is 57.2 Å². The van der Waals surface area contributed by atoms with E-state index < -0.39 is 0 Å². The van der Waals surface area contributed by atoms with E-state index in [2.05, 4.69) is 43.3 Å². The minimum absolute atomic E-state index is 0. The molecule has 1 aromatic heterocycles. The summed E-state index contributed by atoms with van der Waals surface area (Å²) >= 11 is 0. The quantitative estimate of drug-likeness (QED) is 0.591. The van der Waals surface area contributed by atoms with Crippen LogP contribution in [0, 0.1) is 13.0 Å². The smallest absolute Gasteiger partial charge is 0.0536 e. The number of fused-ring (bicyclic) bond motifs is 1. The van der Waals surface area contributed by atoms with Gasteiger partial charge in [0.2, 0.25) is 0 Å². The van der Waals surface area contributed by atoms with Gasteiger partial charge < -0.3 is 15.2 Å². The van der Waals surface area contributed by atoms with Crippen LogP contribution in [0.15, 0.2) is 30.3 Å². The average molecular weight is 519 g/mol. The van der Waals surface area contributed by atoms with E-state index in [9.17, 15) is 0 Å². The van der Waals surface area contributed by atoms with E-state index in [0.29, 0.717) is 6.42 Å². The molecule has 0 amide bonds. The minimum atomic E-state index is -0.375. The van der Waals surface area contributed by atoms with Crippen molar-refractivity contribution in [2.75, 3.05) is 0 Å². The monoisotopic (exact) mass is 519 g/mol. The summed E-state index contributed by atoms with van der Waals surface area (Å²) in [5.41, 5.74) is 4.81. The molecular weight excluding hydrogens is 490 g/mol. The molecule has 3 rings (SSSR count). The number of nitrogens with zero attached hydrogens (tertiary/aromatic N) is 1. The predicted octanol–water partition coefficient (Wildman–Crippen LogP) is 4.44. The van der Waals surface area contributed by atoms with Crippen molar-refractivity contribution in [3.05, 3.63) is 47.7 Å². The number of aryl methyl sites for hydroxylation is 1. The number of aliphatic hydroxyl groups is 2. The summed E-state index contributed by atoms with van der Waals surface area (Å²) in [7, 11) is 0. The van der Waals surface area contributed by atoms with E-state index in [1.807, 2.05) is 0 Å². The Hall–Kier alpha value is -1.06. The molecule has 0 saturated carbocycles. The Balaban J connectivity index is 0.000000339. The average Bonchev–Trinajstić information content (AvgIpc) is 2.55. The van der Waals surface area contributed by atoms with Crippen LogP contribution in [-0.4, -0.2) is 27.4 Å². The minimum Gasteiger partial charge on any atom is -0.393 e. The molecule has 1 aliphatic carbocycles. The van der Waals surface area contributed by atoms with Crippen molar-refractivity contribution in [3.63, 3.8) is 0 Å². The van der Waals surface area contributed by atoms with Crippen molar-refractivity contribution in [2.24, 2.45) is 0 Å². The summed E-state index contributed by atoms with van der Waals surface area (Å²) < 4.78 is 0. The van der Waals surface area contributed by atoms with Crippen molar-refractivity contribution < 1.29 is 30.3 Å². The van der Waals surface area contributed by atoms with Crippen molar-refractivity contribution in [3.8, 4) is 0 Å². The summed E-state index contributed by atoms with van der Waals surface area (Å²) in [6.07, 6.45) is 7.95. The number of pyridine rings is 1. The van der Waals surface area contributed by atoms with Gasteiger partial charge in [-0.25, -0.2) is 0 Å². The zero-order chi connectivity index (χ0) is 17.5. The number of aliphatic hydroxyl groups excluding tert-OH is 2. The molecule has 3 nitrogen and oxygen atoms in total. The van der Waals surface area contributed by atoms with Gasteiger partial charge in [0.1, 0.15) is 0 Å². The molecule has 2 aromatic rings. The second-order valence-corrected chi connectivity index (χ2v) is 6.63. The van der Waals surface area contributed by atoms with E-state index >= 15 is 0 Å². The predicted molar refractivity (Wildman–Crippen MR) is 99.6 cm³/mol. The Morgan fingerprint density at radius 1 is 1.08 bits per heavy atom. The third-order valence-electron chi connectivity index (χ3n) is 4.13. The molecule has 0 saturated heterocycles. The molecule has 0 aliphatic heterocycles. The second kappa shape index (κ2) is 10.8. The Morgan fingerprint density at radius 3 is 2.36 bits per heavy atom. The summed E-state index contributed by atoms with van der Waals surface area (Å²) in [6, 6.07) is 10.6. The molecule has 2 N–H and O–H groups in total. The Morgan fingerprint density at radius 2 is 1.80 bits per heavy atom. The van der Waals surface area contributed by atoms with E-state index in [-0.39, 0.29) is 32.3 Å². The Labute approximate surface area is 164 Å². The molecule has 1 aliphatic rings. The zero-order valence-corrected chi connectivity index (χ0v) is 17.6. The zero-order valence-electron chi connectivity index (χ0n) is 15.3. The van der Waals surface area contributed by atoms with Crippen LogP contribution in [-0.2, 0) is 20.1 Å². The number of aromatic nitrogens is 1. The number of hydrogen-bond donors (Lipinski definition) is 2. The maximum atomic E-state index is 8.56. The Bertz CT molecular complexity index is 689. The molecule has 2 atom stereocenters. The first-order chi connectivity index (χ1) is 11.5. The van der Waals surface area contributed by atoms with Crippen molar-refractivity contribution in [2.45, 2.75) is 65.1 Å². The van der Waals surface area contributed by atoms with Gasteiger partial charge in [-0.3, -0.25) is 6.08 Å². The topological polar surface area (TPSA) is 53.4 Å². The largest absolute Gasteiger partial charge is 0.393 e. The van der Waals surface area contributed by atoms with E-state index in [1.165, 1.54) is 29.4 Å². The molecule has 2 unspecified atom stereocenters. The molecule has 0 fully saturated rings. The van der Waals surface area contributed by atoms with E-state index in [4.69, 9.17) is 15.2 Å². The standard InChI is InChI=1S/C16H16N.C5H12O2.Ir/c1-12-6-5-9-16-14(12)10-11-15(17-16)13-7-3-2-4-8-13;1-4(6)3-5(2)7;/h5-6,9-11H,2-4,7H2,1H3;4-7H,3H2,1-2H3;/q-1;;. The molecule has 1 radical (unpaired) electrons. The number of benzene rings is 1. The summed E-state index contributed by atoms with van der Waals surface area (Å²) in [5.74, 6) is 0. The van der Waals surface area contributed by atoms with Gasteiger partial charge in [-0.15, -0.1) is 12.5 Å². The molecule has 4 heteroatoms. The maximum Gasteiger partial charge on any atom is 0.0536 e. The van der Waals surface area contributed by atoms with Crippen LogP contribution in [0.5, 0.6) is 0 Å². The molecule has 0 bridgehead atoms. The van der Waals surface area contributed by atoms with Gasteiger partial charge in [0.15, 0.2) is 0 Å². The molecule has 0 spiro atoms. The van der Waals surface area contributed by atoms with Crippen molar-refractivity contribution in [1.82, 2.24) is 4.98 Å². The van der Waals surface area contributed by atoms with Gasteiger partial charge in [0, 0.05) is 25.6 Å². The van der Waals surface area contributed by atoms with Crippen LogP contribution < -0.4 is 0 Å². The van der Waals surface area contributed by atoms with Gasteiger partial charge in [-0.05, 0) is 44.2 Å². The maximum absolute atomic E-state index is 8.56. The fourth-order valence-corrected chi connectivity index (χ4v) is 2.94. The van der Waals surface area contributed by atoms with Crippen LogP contribution in [0.2, 0.25) is 0 Å². The number of hydrogen-bond acceptors (Lipinski definition) is 3. The fourth-order valence-electron chi connectivity index (χ4n) is 2.94. The first-order valence-electron chi connectivity index (χ1n) is 8.80. The van der Waals surface area contributed by atoms with Crippen LogP contribution in [0.25, 0.3) is 16.5 Å². The van der Waals surface area contributed by atoms with Gasteiger partial charge >= 0.3 is 0 Å². The van der Waals surface area contributed by atoms with Crippen LogP contribution in [0.3, 0.4) is 0 Å². The van der Waals surface area contributed by atoms with Crippen molar-refractivity contribution in [1.29, 1.82) is 0 Å². The molecule has 25 heavy (non-hydrogen) atoms. The van der Waals surface area contributed by atoms with E-state index in [1.54, 1.807) is 13.8 Å². The SMILES string of the molecule is CC(O)CC(C)O.Cc1cccc2nc(C3=[C-]CCCC3)ccc12.[Ir]. The number of rotatable bonds is 3. The molecule has 1 heterocycles. The summed E-state index contributed by atoms with van der Waals surface area (Å²) in [4.78, 5) is 4.76. The van der Waals surface area contributed by atoms with Gasteiger partial charge in [0.05, 0.1) is 12.2 Å². The van der Waals surface area contributed by atoms with Gasteiger partial charge in [-0.1, -0.05) is 43.2 Å². The first kappa shape index (κ1) is 22.0. The van der Waals surface area contributed by atoms with Crippen LogP contribution >= 0.6 is 0 Å². The molecular formula is C21H28IrNO2-. The first-order valence-corrected chi connectivity index (χ1v) is 8.80. The third-order valence-corrected chi connectivity index (χ3v) is 4.13. The number of allylic oxidation sites excluding steroid dienone is 2.